The van der Waals surface area contributed by atoms with Crippen LogP contribution in [-0.4, -0.2) is 37.0 Å². The van der Waals surface area contributed by atoms with Gasteiger partial charge in [-0.15, -0.1) is 0 Å². The molecule has 5 nitrogen and oxygen atoms in total. The Morgan fingerprint density at radius 2 is 1.82 bits per heavy atom. The topological polar surface area (TPSA) is 62.4 Å². The summed E-state index contributed by atoms with van der Waals surface area (Å²) in [4.78, 5) is 11.6. The molecule has 0 aromatic carbocycles. The number of ether oxygens (including phenoxy) is 1. The van der Waals surface area contributed by atoms with Crippen LogP contribution < -0.4 is 16.0 Å². The van der Waals surface area contributed by atoms with Crippen LogP contribution in [0.5, 0.6) is 0 Å². The molecule has 1 fully saturated rings. The molecular weight excluding hydrogens is 218 g/mol. The predicted molar refractivity (Wildman–Crippen MR) is 67.9 cm³/mol. The Morgan fingerprint density at radius 1 is 1.29 bits per heavy atom. The van der Waals surface area contributed by atoms with Gasteiger partial charge in [-0.2, -0.15) is 0 Å². The number of nitrogens with one attached hydrogen (secondary N) is 3. The van der Waals surface area contributed by atoms with Gasteiger partial charge in [-0.25, -0.2) is 4.79 Å². The monoisotopic (exact) mass is 243 g/mol. The van der Waals surface area contributed by atoms with E-state index in [4.69, 9.17) is 4.74 Å². The molecule has 3 N–H and O–H groups in total. The molecule has 1 aliphatic heterocycles. The normalized spacial score (nSPS) is 23.1. The number of carbonyl (C=O) groups excluding carboxylic acids is 1. The van der Waals surface area contributed by atoms with E-state index in [1.54, 1.807) is 7.11 Å². The van der Waals surface area contributed by atoms with Gasteiger partial charge in [0.05, 0.1) is 0 Å². The Bertz CT molecular complexity index is 261. The first-order chi connectivity index (χ1) is 7.74. The first-order valence-corrected chi connectivity index (χ1v) is 6.07. The Labute approximate surface area is 104 Å². The van der Waals surface area contributed by atoms with Crippen LogP contribution in [0, 0.1) is 0 Å². The second-order valence-corrected chi connectivity index (χ2v) is 6.08. The van der Waals surface area contributed by atoms with Crippen molar-refractivity contribution in [3.8, 4) is 0 Å². The van der Waals surface area contributed by atoms with E-state index < -0.39 is 0 Å². The molecule has 1 aliphatic rings. The molecule has 0 saturated carbocycles. The average Bonchev–Trinajstić information content (AvgIpc) is 2.09. The second-order valence-electron chi connectivity index (χ2n) is 6.08. The molecule has 0 spiro atoms. The SMILES string of the molecule is COCNC(=O)NC1CC(C)(C)NC(C)(C)C1. The van der Waals surface area contributed by atoms with Crippen LogP contribution in [0.15, 0.2) is 0 Å². The van der Waals surface area contributed by atoms with Crippen molar-refractivity contribution >= 4 is 6.03 Å². The largest absolute Gasteiger partial charge is 0.364 e. The Balaban J connectivity index is 2.51. The third-order valence-corrected chi connectivity index (χ3v) is 2.90. The maximum Gasteiger partial charge on any atom is 0.316 e. The van der Waals surface area contributed by atoms with E-state index in [0.29, 0.717) is 0 Å². The summed E-state index contributed by atoms with van der Waals surface area (Å²) in [6.45, 7) is 8.89. The summed E-state index contributed by atoms with van der Waals surface area (Å²) in [6, 6.07) is 0.0310. The van der Waals surface area contributed by atoms with E-state index >= 15 is 0 Å². The standard InChI is InChI=1S/C12H25N3O2/c1-11(2)6-9(7-12(3,4)15-11)14-10(16)13-8-17-5/h9,15H,6-8H2,1-5H3,(H2,13,14,16). The van der Waals surface area contributed by atoms with Gasteiger partial charge in [0, 0.05) is 24.2 Å². The minimum absolute atomic E-state index is 0.0426. The van der Waals surface area contributed by atoms with Crippen molar-refractivity contribution in [2.24, 2.45) is 0 Å². The van der Waals surface area contributed by atoms with Gasteiger partial charge in [-0.3, -0.25) is 0 Å². The van der Waals surface area contributed by atoms with Gasteiger partial charge < -0.3 is 20.7 Å². The maximum atomic E-state index is 11.6. The molecule has 2 amide bonds. The minimum Gasteiger partial charge on any atom is -0.364 e. The van der Waals surface area contributed by atoms with Gasteiger partial charge in [0.25, 0.3) is 0 Å². The van der Waals surface area contributed by atoms with Crippen LogP contribution in [0.1, 0.15) is 40.5 Å². The van der Waals surface area contributed by atoms with E-state index in [0.717, 1.165) is 12.8 Å². The lowest BCUT2D eigenvalue weighted by Gasteiger charge is -2.46. The number of hydrogen-bond acceptors (Lipinski definition) is 3. The number of carbonyl (C=O) groups is 1. The van der Waals surface area contributed by atoms with E-state index in [-0.39, 0.29) is 29.9 Å². The molecule has 0 atom stereocenters. The van der Waals surface area contributed by atoms with Crippen LogP contribution in [0.4, 0.5) is 4.79 Å². The summed E-state index contributed by atoms with van der Waals surface area (Å²) < 4.78 is 4.80. The van der Waals surface area contributed by atoms with E-state index in [1.807, 2.05) is 0 Å². The molecule has 1 heterocycles. The van der Waals surface area contributed by atoms with Crippen LogP contribution in [0.25, 0.3) is 0 Å². The Kier molecular flexibility index (Phi) is 4.38. The highest BCUT2D eigenvalue weighted by molar-refractivity contribution is 5.74. The summed E-state index contributed by atoms with van der Waals surface area (Å²) in [7, 11) is 1.55. The highest BCUT2D eigenvalue weighted by Crippen LogP contribution is 2.28. The number of rotatable bonds is 3. The van der Waals surface area contributed by atoms with Crippen molar-refractivity contribution in [3.63, 3.8) is 0 Å². The summed E-state index contributed by atoms with van der Waals surface area (Å²) in [5, 5.41) is 9.22. The fourth-order valence-electron chi connectivity index (χ4n) is 2.80. The molecule has 5 heteroatoms. The summed E-state index contributed by atoms with van der Waals surface area (Å²) in [5.41, 5.74) is 0.0852. The third kappa shape index (κ3) is 4.91. The van der Waals surface area contributed by atoms with Crippen molar-refractivity contribution in [2.75, 3.05) is 13.8 Å². The van der Waals surface area contributed by atoms with Crippen molar-refractivity contribution in [3.05, 3.63) is 0 Å². The summed E-state index contributed by atoms with van der Waals surface area (Å²) in [5.74, 6) is 0. The predicted octanol–water partition coefficient (Wildman–Crippen LogP) is 1.20. The number of hydrogen-bond donors (Lipinski definition) is 3. The molecule has 0 unspecified atom stereocenters. The van der Waals surface area contributed by atoms with Crippen molar-refractivity contribution < 1.29 is 9.53 Å². The highest BCUT2D eigenvalue weighted by Gasteiger charge is 2.38. The fraction of sp³-hybridized carbons (Fsp3) is 0.917. The number of piperidine rings is 1. The molecule has 0 radical (unpaired) electrons. The number of amides is 2. The summed E-state index contributed by atoms with van der Waals surface area (Å²) >= 11 is 0. The first kappa shape index (κ1) is 14.3. The Morgan fingerprint density at radius 3 is 2.29 bits per heavy atom. The van der Waals surface area contributed by atoms with Gasteiger partial charge in [0.15, 0.2) is 0 Å². The van der Waals surface area contributed by atoms with Gasteiger partial charge >= 0.3 is 6.03 Å². The van der Waals surface area contributed by atoms with Crippen molar-refractivity contribution in [1.82, 2.24) is 16.0 Å². The van der Waals surface area contributed by atoms with Crippen molar-refractivity contribution in [2.45, 2.75) is 57.7 Å². The first-order valence-electron chi connectivity index (χ1n) is 6.07. The van der Waals surface area contributed by atoms with E-state index in [2.05, 4.69) is 43.6 Å². The van der Waals surface area contributed by atoms with Gasteiger partial charge in [0.2, 0.25) is 0 Å². The molecule has 0 aromatic rings. The zero-order valence-electron chi connectivity index (χ0n) is 11.5. The zero-order valence-corrected chi connectivity index (χ0v) is 11.5. The van der Waals surface area contributed by atoms with Gasteiger partial charge in [0.1, 0.15) is 6.73 Å². The van der Waals surface area contributed by atoms with Crippen LogP contribution in [0.2, 0.25) is 0 Å². The molecule has 1 rings (SSSR count). The summed E-state index contributed by atoms with van der Waals surface area (Å²) in [6.07, 6.45) is 1.85. The molecule has 17 heavy (non-hydrogen) atoms. The van der Waals surface area contributed by atoms with Gasteiger partial charge in [-0.05, 0) is 40.5 Å². The van der Waals surface area contributed by atoms with Crippen molar-refractivity contribution in [1.29, 1.82) is 0 Å². The van der Waals surface area contributed by atoms with Crippen LogP contribution in [0.3, 0.4) is 0 Å². The second kappa shape index (κ2) is 5.23. The number of urea groups is 1. The smallest absolute Gasteiger partial charge is 0.316 e. The van der Waals surface area contributed by atoms with E-state index in [9.17, 15) is 4.79 Å². The molecule has 0 aromatic heterocycles. The lowest BCUT2D eigenvalue weighted by molar-refractivity contribution is 0.141. The maximum absolute atomic E-state index is 11.6. The van der Waals surface area contributed by atoms with Gasteiger partial charge in [-0.1, -0.05) is 0 Å². The fourth-order valence-corrected chi connectivity index (χ4v) is 2.80. The van der Waals surface area contributed by atoms with Crippen LogP contribution >= 0.6 is 0 Å². The minimum atomic E-state index is -0.162. The lowest BCUT2D eigenvalue weighted by atomic mass is 9.80. The molecular formula is C12H25N3O2. The molecule has 100 valence electrons. The Hall–Kier alpha value is -0.810. The molecule has 1 saturated heterocycles. The van der Waals surface area contributed by atoms with Crippen LogP contribution in [-0.2, 0) is 4.74 Å². The number of methoxy groups -OCH3 is 1. The zero-order chi connectivity index (χ0) is 13.1. The highest BCUT2D eigenvalue weighted by atomic mass is 16.5. The van der Waals surface area contributed by atoms with E-state index in [1.165, 1.54) is 0 Å². The molecule has 0 aliphatic carbocycles. The molecule has 0 bridgehead atoms. The third-order valence-electron chi connectivity index (χ3n) is 2.90. The quantitative estimate of drug-likeness (QED) is 0.653. The average molecular weight is 243 g/mol. The lowest BCUT2D eigenvalue weighted by Crippen LogP contribution is -2.62.